The highest BCUT2D eigenvalue weighted by Gasteiger charge is 2.36. The van der Waals surface area contributed by atoms with Crippen molar-refractivity contribution < 1.29 is 28.9 Å². The van der Waals surface area contributed by atoms with E-state index in [4.69, 9.17) is 20.7 Å². The quantitative estimate of drug-likeness (QED) is 0.457. The van der Waals surface area contributed by atoms with E-state index in [0.29, 0.717) is 28.1 Å². The lowest BCUT2D eigenvalue weighted by Crippen LogP contribution is -2.45. The number of nitrogens with one attached hydrogen (secondary N) is 1. The Labute approximate surface area is 173 Å². The number of halogens is 1. The molecular formula is C21H24FN3O5. The summed E-state index contributed by atoms with van der Waals surface area (Å²) in [4.78, 5) is 26.1. The van der Waals surface area contributed by atoms with Crippen LogP contribution in [0.2, 0.25) is 0 Å². The lowest BCUT2D eigenvalue weighted by atomic mass is 10.1. The highest BCUT2D eigenvalue weighted by Crippen LogP contribution is 2.32. The van der Waals surface area contributed by atoms with Gasteiger partial charge in [0.15, 0.2) is 6.29 Å². The monoisotopic (exact) mass is 417 g/mol. The van der Waals surface area contributed by atoms with E-state index >= 15 is 0 Å². The van der Waals surface area contributed by atoms with Crippen molar-refractivity contribution in [3.8, 4) is 5.75 Å². The lowest BCUT2D eigenvalue weighted by Gasteiger charge is -2.25. The summed E-state index contributed by atoms with van der Waals surface area (Å²) in [6.45, 7) is 0.302. The fraction of sp³-hybridized carbons (Fsp3) is 0.333. The SMILES string of the molecule is COc1ccc(F)c(CNc2cccc3c2CN(C(CCC(O)O)C(N)=O)C3=O)c1. The minimum absolute atomic E-state index is 0.0323. The number of methoxy groups -OCH3 is 1. The third kappa shape index (κ3) is 4.52. The van der Waals surface area contributed by atoms with Gasteiger partial charge in [0, 0.05) is 41.9 Å². The second-order valence-corrected chi connectivity index (χ2v) is 7.05. The van der Waals surface area contributed by atoms with Gasteiger partial charge in [0.25, 0.3) is 5.91 Å². The maximum absolute atomic E-state index is 14.1. The number of benzene rings is 2. The van der Waals surface area contributed by atoms with Crippen molar-refractivity contribution >= 4 is 17.5 Å². The Morgan fingerprint density at radius 1 is 1.30 bits per heavy atom. The molecule has 1 unspecified atom stereocenters. The molecule has 5 N–H and O–H groups in total. The van der Waals surface area contributed by atoms with Crippen molar-refractivity contribution in [2.45, 2.75) is 38.3 Å². The summed E-state index contributed by atoms with van der Waals surface area (Å²) in [5, 5.41) is 21.3. The molecule has 1 aliphatic rings. The molecule has 1 aliphatic heterocycles. The number of primary amides is 1. The van der Waals surface area contributed by atoms with Gasteiger partial charge in [-0.25, -0.2) is 4.39 Å². The number of fused-ring (bicyclic) bond motifs is 1. The minimum atomic E-state index is -1.60. The molecule has 30 heavy (non-hydrogen) atoms. The van der Waals surface area contributed by atoms with Crippen LogP contribution in [0.25, 0.3) is 0 Å². The van der Waals surface area contributed by atoms with E-state index in [-0.39, 0.29) is 37.7 Å². The Kier molecular flexibility index (Phi) is 6.53. The predicted molar refractivity (Wildman–Crippen MR) is 107 cm³/mol. The number of aliphatic hydroxyl groups is 2. The first-order valence-corrected chi connectivity index (χ1v) is 9.46. The summed E-state index contributed by atoms with van der Waals surface area (Å²) in [5.41, 5.74) is 7.58. The number of anilines is 1. The molecule has 0 radical (unpaired) electrons. The van der Waals surface area contributed by atoms with E-state index in [1.54, 1.807) is 24.3 Å². The van der Waals surface area contributed by atoms with Gasteiger partial charge in [-0.2, -0.15) is 0 Å². The number of carbonyl (C=O) groups excluding carboxylic acids is 2. The first-order valence-electron chi connectivity index (χ1n) is 9.46. The summed E-state index contributed by atoms with van der Waals surface area (Å²) in [5.74, 6) is -0.935. The summed E-state index contributed by atoms with van der Waals surface area (Å²) >= 11 is 0. The molecule has 1 atom stereocenters. The maximum Gasteiger partial charge on any atom is 0.255 e. The molecule has 8 nitrogen and oxygen atoms in total. The van der Waals surface area contributed by atoms with Crippen molar-refractivity contribution in [3.05, 3.63) is 58.9 Å². The highest BCUT2D eigenvalue weighted by atomic mass is 19.1. The number of aliphatic hydroxyl groups excluding tert-OH is 1. The van der Waals surface area contributed by atoms with E-state index < -0.39 is 18.2 Å². The zero-order valence-corrected chi connectivity index (χ0v) is 16.5. The van der Waals surface area contributed by atoms with Crippen LogP contribution in [0.3, 0.4) is 0 Å². The van der Waals surface area contributed by atoms with Crippen LogP contribution in [-0.2, 0) is 17.9 Å². The second kappa shape index (κ2) is 9.10. The van der Waals surface area contributed by atoms with Gasteiger partial charge in [0.2, 0.25) is 5.91 Å². The van der Waals surface area contributed by atoms with Crippen molar-refractivity contribution in [1.29, 1.82) is 0 Å². The number of rotatable bonds is 9. The van der Waals surface area contributed by atoms with Gasteiger partial charge in [-0.3, -0.25) is 9.59 Å². The zero-order valence-electron chi connectivity index (χ0n) is 16.5. The molecular weight excluding hydrogens is 393 g/mol. The molecule has 160 valence electrons. The van der Waals surface area contributed by atoms with Crippen LogP contribution in [0.4, 0.5) is 10.1 Å². The summed E-state index contributed by atoms with van der Waals surface area (Å²) in [7, 11) is 1.50. The van der Waals surface area contributed by atoms with Gasteiger partial charge in [-0.15, -0.1) is 0 Å². The van der Waals surface area contributed by atoms with Crippen LogP contribution in [0.15, 0.2) is 36.4 Å². The van der Waals surface area contributed by atoms with E-state index in [2.05, 4.69) is 5.32 Å². The van der Waals surface area contributed by atoms with Crippen molar-refractivity contribution in [2.24, 2.45) is 5.73 Å². The number of nitrogens with zero attached hydrogens (tertiary/aromatic N) is 1. The maximum atomic E-state index is 14.1. The first-order chi connectivity index (χ1) is 14.3. The van der Waals surface area contributed by atoms with Gasteiger partial charge in [0.1, 0.15) is 17.6 Å². The van der Waals surface area contributed by atoms with E-state index in [9.17, 15) is 14.0 Å². The van der Waals surface area contributed by atoms with Crippen LogP contribution >= 0.6 is 0 Å². The smallest absolute Gasteiger partial charge is 0.255 e. The van der Waals surface area contributed by atoms with Crippen LogP contribution in [0.1, 0.15) is 34.3 Å². The van der Waals surface area contributed by atoms with Gasteiger partial charge in [0.05, 0.1) is 7.11 Å². The third-order valence-electron chi connectivity index (χ3n) is 5.12. The Morgan fingerprint density at radius 2 is 2.07 bits per heavy atom. The Morgan fingerprint density at radius 3 is 2.73 bits per heavy atom. The fourth-order valence-corrected chi connectivity index (χ4v) is 3.53. The average molecular weight is 417 g/mol. The van der Waals surface area contributed by atoms with Gasteiger partial charge >= 0.3 is 0 Å². The first kappa shape index (κ1) is 21.5. The zero-order chi connectivity index (χ0) is 21.8. The van der Waals surface area contributed by atoms with Crippen LogP contribution < -0.4 is 15.8 Å². The third-order valence-corrected chi connectivity index (χ3v) is 5.12. The van der Waals surface area contributed by atoms with Crippen molar-refractivity contribution in [1.82, 2.24) is 4.90 Å². The Balaban J connectivity index is 1.80. The molecule has 2 aromatic carbocycles. The minimum Gasteiger partial charge on any atom is -0.497 e. The predicted octanol–water partition coefficient (Wildman–Crippen LogP) is 1.35. The van der Waals surface area contributed by atoms with Gasteiger partial charge < -0.3 is 30.9 Å². The number of carbonyl (C=O) groups is 2. The molecule has 0 aliphatic carbocycles. The topological polar surface area (TPSA) is 125 Å². The lowest BCUT2D eigenvalue weighted by molar-refractivity contribution is -0.123. The molecule has 0 saturated heterocycles. The number of ether oxygens (including phenoxy) is 1. The number of nitrogens with two attached hydrogens (primary N) is 1. The Hall–Kier alpha value is -3.17. The Bertz CT molecular complexity index is 950. The van der Waals surface area contributed by atoms with E-state index in [1.165, 1.54) is 24.1 Å². The molecule has 0 aromatic heterocycles. The highest BCUT2D eigenvalue weighted by molar-refractivity contribution is 6.02. The molecule has 0 fully saturated rings. The molecule has 0 spiro atoms. The standard InChI is InChI=1S/C21H24FN3O5/c1-30-13-5-6-16(22)12(9-13)10-24-17-4-2-3-14-15(17)11-25(21(14)29)18(20(23)28)7-8-19(26)27/h2-6,9,18-19,24,26-27H,7-8,10-11H2,1H3,(H2,23,28). The molecule has 3 rings (SSSR count). The van der Waals surface area contributed by atoms with Gasteiger partial charge in [-0.1, -0.05) is 6.07 Å². The van der Waals surface area contributed by atoms with Crippen LogP contribution in [0, 0.1) is 5.82 Å². The number of hydrogen-bond donors (Lipinski definition) is 4. The van der Waals surface area contributed by atoms with E-state index in [1.807, 2.05) is 0 Å². The molecule has 2 amide bonds. The van der Waals surface area contributed by atoms with Crippen molar-refractivity contribution in [2.75, 3.05) is 12.4 Å². The van der Waals surface area contributed by atoms with Crippen LogP contribution in [0.5, 0.6) is 5.75 Å². The van der Waals surface area contributed by atoms with E-state index in [0.717, 1.165) is 0 Å². The largest absolute Gasteiger partial charge is 0.497 e. The number of amides is 2. The molecule has 2 aromatic rings. The summed E-state index contributed by atoms with van der Waals surface area (Å²) in [6.07, 6.45) is -1.65. The fourth-order valence-electron chi connectivity index (χ4n) is 3.53. The molecule has 0 bridgehead atoms. The number of hydrogen-bond acceptors (Lipinski definition) is 6. The summed E-state index contributed by atoms with van der Waals surface area (Å²) < 4.78 is 19.2. The molecule has 9 heteroatoms. The van der Waals surface area contributed by atoms with Crippen molar-refractivity contribution in [3.63, 3.8) is 0 Å². The second-order valence-electron chi connectivity index (χ2n) is 7.05. The van der Waals surface area contributed by atoms with Crippen LogP contribution in [-0.4, -0.2) is 46.4 Å². The summed E-state index contributed by atoms with van der Waals surface area (Å²) in [6, 6.07) is 8.59. The molecule has 1 heterocycles. The van der Waals surface area contributed by atoms with Gasteiger partial charge in [-0.05, 0) is 36.8 Å². The average Bonchev–Trinajstić information content (AvgIpc) is 3.04. The molecule has 0 saturated carbocycles. The normalized spacial score (nSPS) is 14.0.